The van der Waals surface area contributed by atoms with Crippen LogP contribution < -0.4 is 5.32 Å². The van der Waals surface area contributed by atoms with E-state index in [9.17, 15) is 9.59 Å². The van der Waals surface area contributed by atoms with Gasteiger partial charge in [-0.15, -0.1) is 6.42 Å². The van der Waals surface area contributed by atoms with E-state index in [1.54, 1.807) is 4.90 Å². The molecule has 1 saturated carbocycles. The molecule has 1 heterocycles. The van der Waals surface area contributed by atoms with Crippen LogP contribution in [0.5, 0.6) is 0 Å². The number of hydrogen-bond acceptors (Lipinski definition) is 2. The number of nitrogens with one attached hydrogen (secondary N) is 1. The van der Waals surface area contributed by atoms with Gasteiger partial charge in [-0.1, -0.05) is 25.7 Å². The molecule has 1 N–H and O–H groups in total. The highest BCUT2D eigenvalue weighted by Crippen LogP contribution is 2.35. The minimum Gasteiger partial charge on any atom is -0.340 e. The van der Waals surface area contributed by atoms with Gasteiger partial charge in [0.25, 0.3) is 0 Å². The summed E-state index contributed by atoms with van der Waals surface area (Å²) in [7, 11) is 0. The van der Waals surface area contributed by atoms with Gasteiger partial charge in [0.1, 0.15) is 11.6 Å². The Bertz CT molecular complexity index is 405. The molecule has 2 amide bonds. The largest absolute Gasteiger partial charge is 0.340 e. The second-order valence-electron chi connectivity index (χ2n) is 5.26. The number of amides is 2. The zero-order valence-electron chi connectivity index (χ0n) is 11.0. The monoisotopic (exact) mass is 248 g/mol. The van der Waals surface area contributed by atoms with Gasteiger partial charge in [0.2, 0.25) is 11.8 Å². The van der Waals surface area contributed by atoms with E-state index in [1.165, 1.54) is 0 Å². The highest BCUT2D eigenvalue weighted by molar-refractivity contribution is 6.00. The van der Waals surface area contributed by atoms with Gasteiger partial charge < -0.3 is 10.2 Å². The smallest absolute Gasteiger partial charge is 0.250 e. The van der Waals surface area contributed by atoms with Crippen molar-refractivity contribution in [1.29, 1.82) is 0 Å². The standard InChI is InChI=1S/C14H20N2O2/c1-4-10(3)16-11(5-2)12(17)15-14(13(16)18)8-6-7-9-14/h1,10-11H,5-9H2,2-3H3,(H,15,17). The van der Waals surface area contributed by atoms with Gasteiger partial charge in [0.05, 0.1) is 6.04 Å². The summed E-state index contributed by atoms with van der Waals surface area (Å²) in [4.78, 5) is 26.5. The van der Waals surface area contributed by atoms with E-state index in [2.05, 4.69) is 11.2 Å². The summed E-state index contributed by atoms with van der Waals surface area (Å²) in [6.45, 7) is 3.71. The van der Waals surface area contributed by atoms with Gasteiger partial charge in [0.15, 0.2) is 0 Å². The fraction of sp³-hybridized carbons (Fsp3) is 0.714. The molecule has 2 fully saturated rings. The minimum atomic E-state index is -0.673. The molecule has 2 unspecified atom stereocenters. The van der Waals surface area contributed by atoms with Crippen molar-refractivity contribution in [1.82, 2.24) is 10.2 Å². The molecular weight excluding hydrogens is 228 g/mol. The SMILES string of the molecule is C#CC(C)N1C(=O)C2(CCCC2)NC(=O)C1CC. The van der Waals surface area contributed by atoms with Crippen molar-refractivity contribution < 1.29 is 9.59 Å². The van der Waals surface area contributed by atoms with Gasteiger partial charge in [-0.3, -0.25) is 9.59 Å². The van der Waals surface area contributed by atoms with Crippen LogP contribution in [0.1, 0.15) is 46.0 Å². The van der Waals surface area contributed by atoms with Crippen molar-refractivity contribution in [2.24, 2.45) is 0 Å². The fourth-order valence-electron chi connectivity index (χ4n) is 3.11. The van der Waals surface area contributed by atoms with Crippen LogP contribution in [0.2, 0.25) is 0 Å². The van der Waals surface area contributed by atoms with Gasteiger partial charge >= 0.3 is 0 Å². The Balaban J connectivity index is 2.36. The molecule has 1 aliphatic carbocycles. The van der Waals surface area contributed by atoms with E-state index >= 15 is 0 Å². The first kappa shape index (κ1) is 12.9. The molecule has 0 bridgehead atoms. The van der Waals surface area contributed by atoms with Crippen LogP contribution in [0.25, 0.3) is 0 Å². The highest BCUT2D eigenvalue weighted by Gasteiger charge is 2.52. The molecule has 4 nitrogen and oxygen atoms in total. The Labute approximate surface area is 108 Å². The van der Waals surface area contributed by atoms with Crippen LogP contribution in [0, 0.1) is 12.3 Å². The Morgan fingerprint density at radius 1 is 1.50 bits per heavy atom. The zero-order chi connectivity index (χ0) is 13.3. The third-order valence-corrected chi connectivity index (χ3v) is 4.15. The molecular formula is C14H20N2O2. The molecule has 0 aromatic rings. The summed E-state index contributed by atoms with van der Waals surface area (Å²) in [6.07, 6.45) is 9.49. The Morgan fingerprint density at radius 3 is 2.61 bits per heavy atom. The molecule has 1 spiro atoms. The first-order valence-electron chi connectivity index (χ1n) is 6.66. The predicted octanol–water partition coefficient (Wildman–Crippen LogP) is 1.06. The fourth-order valence-corrected chi connectivity index (χ4v) is 3.11. The number of carbonyl (C=O) groups excluding carboxylic acids is 2. The lowest BCUT2D eigenvalue weighted by atomic mass is 9.89. The van der Waals surface area contributed by atoms with E-state index < -0.39 is 11.6 Å². The summed E-state index contributed by atoms with van der Waals surface area (Å²) in [5.41, 5.74) is -0.673. The van der Waals surface area contributed by atoms with Crippen molar-refractivity contribution in [2.75, 3.05) is 0 Å². The molecule has 18 heavy (non-hydrogen) atoms. The van der Waals surface area contributed by atoms with Crippen LogP contribution in [-0.2, 0) is 9.59 Å². The first-order valence-corrected chi connectivity index (χ1v) is 6.66. The number of nitrogens with zero attached hydrogens (tertiary/aromatic N) is 1. The van der Waals surface area contributed by atoms with Crippen LogP contribution in [0.4, 0.5) is 0 Å². The lowest BCUT2D eigenvalue weighted by Gasteiger charge is -2.45. The summed E-state index contributed by atoms with van der Waals surface area (Å²) in [5, 5.41) is 2.95. The lowest BCUT2D eigenvalue weighted by Crippen LogP contribution is -2.70. The average Bonchev–Trinajstić information content (AvgIpc) is 2.82. The summed E-state index contributed by atoms with van der Waals surface area (Å²) in [5.74, 6) is 2.54. The highest BCUT2D eigenvalue weighted by atomic mass is 16.2. The maximum Gasteiger partial charge on any atom is 0.250 e. The average molecular weight is 248 g/mol. The molecule has 2 rings (SSSR count). The van der Waals surface area contributed by atoms with Gasteiger partial charge in [-0.25, -0.2) is 0 Å². The number of terminal acetylenes is 1. The molecule has 1 aliphatic heterocycles. The summed E-state index contributed by atoms with van der Waals surface area (Å²) >= 11 is 0. The maximum absolute atomic E-state index is 12.7. The second kappa shape index (κ2) is 4.64. The van der Waals surface area contributed by atoms with Crippen LogP contribution in [0.15, 0.2) is 0 Å². The van der Waals surface area contributed by atoms with Crippen molar-refractivity contribution in [3.8, 4) is 12.3 Å². The Hall–Kier alpha value is -1.50. The number of rotatable bonds is 2. The summed E-state index contributed by atoms with van der Waals surface area (Å²) < 4.78 is 0. The molecule has 2 aliphatic rings. The zero-order valence-corrected chi connectivity index (χ0v) is 11.0. The number of carbonyl (C=O) groups is 2. The maximum atomic E-state index is 12.7. The lowest BCUT2D eigenvalue weighted by molar-refractivity contribution is -0.156. The van der Waals surface area contributed by atoms with E-state index in [4.69, 9.17) is 6.42 Å². The first-order chi connectivity index (χ1) is 8.55. The molecule has 0 aromatic heterocycles. The van der Waals surface area contributed by atoms with E-state index in [0.29, 0.717) is 6.42 Å². The quantitative estimate of drug-likeness (QED) is 0.743. The van der Waals surface area contributed by atoms with Crippen molar-refractivity contribution in [2.45, 2.75) is 63.6 Å². The van der Waals surface area contributed by atoms with Crippen LogP contribution in [0.3, 0.4) is 0 Å². The third-order valence-electron chi connectivity index (χ3n) is 4.15. The van der Waals surface area contributed by atoms with Crippen LogP contribution >= 0.6 is 0 Å². The third kappa shape index (κ3) is 1.78. The predicted molar refractivity (Wildman–Crippen MR) is 68.6 cm³/mol. The van der Waals surface area contributed by atoms with Crippen LogP contribution in [-0.4, -0.2) is 34.3 Å². The molecule has 4 heteroatoms. The molecule has 98 valence electrons. The van der Waals surface area contributed by atoms with Gasteiger partial charge in [0, 0.05) is 0 Å². The normalized spacial score (nSPS) is 28.1. The minimum absolute atomic E-state index is 0.0110. The molecule has 0 radical (unpaired) electrons. The van der Waals surface area contributed by atoms with E-state index in [1.807, 2.05) is 13.8 Å². The van der Waals surface area contributed by atoms with Crippen molar-refractivity contribution >= 4 is 11.8 Å². The topological polar surface area (TPSA) is 49.4 Å². The van der Waals surface area contributed by atoms with Gasteiger partial charge in [-0.05, 0) is 26.2 Å². The Kier molecular flexibility index (Phi) is 3.34. The second-order valence-corrected chi connectivity index (χ2v) is 5.26. The molecule has 1 saturated heterocycles. The van der Waals surface area contributed by atoms with Gasteiger partial charge in [-0.2, -0.15) is 0 Å². The Morgan fingerprint density at radius 2 is 2.11 bits per heavy atom. The molecule has 0 aromatic carbocycles. The van der Waals surface area contributed by atoms with E-state index in [-0.39, 0.29) is 17.9 Å². The van der Waals surface area contributed by atoms with Crippen molar-refractivity contribution in [3.05, 3.63) is 0 Å². The van der Waals surface area contributed by atoms with Crippen molar-refractivity contribution in [3.63, 3.8) is 0 Å². The summed E-state index contributed by atoms with van der Waals surface area (Å²) in [6, 6.07) is -0.749. The number of hydrogen-bond donors (Lipinski definition) is 1. The number of piperazine rings is 1. The molecule has 2 atom stereocenters. The van der Waals surface area contributed by atoms with E-state index in [0.717, 1.165) is 25.7 Å².